The van der Waals surface area contributed by atoms with Gasteiger partial charge in [0.05, 0.1) is 23.3 Å². The molecule has 3 aromatic carbocycles. The van der Waals surface area contributed by atoms with Crippen molar-refractivity contribution in [2.24, 2.45) is 0 Å². The normalized spacial score (nSPS) is 10.7. The maximum atomic E-state index is 14.4. The van der Waals surface area contributed by atoms with Crippen LogP contribution in [0.3, 0.4) is 0 Å². The first kappa shape index (κ1) is 25.1. The van der Waals surface area contributed by atoms with Crippen molar-refractivity contribution in [1.29, 1.82) is 0 Å². The van der Waals surface area contributed by atoms with Gasteiger partial charge in [0.1, 0.15) is 34.6 Å². The molecule has 36 heavy (non-hydrogen) atoms. The standard InChI is InChI=1S/C27H22F3N3O2S/c1-15-6-4-7-16(2)25(15)33-36-23-14-17(10-13-22(23)35-3)31-27(34)21-12-11-20(30)26(32-21)24-18(28)8-5-9-19(24)29/h4-14,33H,1-3H3,(H,31,34). The number of hydrogen-bond donors (Lipinski definition) is 2. The van der Waals surface area contributed by atoms with Gasteiger partial charge in [0.25, 0.3) is 5.91 Å². The molecule has 4 aromatic rings. The van der Waals surface area contributed by atoms with Crippen LogP contribution in [0.15, 0.2) is 71.6 Å². The topological polar surface area (TPSA) is 63.2 Å². The summed E-state index contributed by atoms with van der Waals surface area (Å²) in [5, 5.41) is 2.69. The second kappa shape index (κ2) is 10.7. The van der Waals surface area contributed by atoms with Crippen molar-refractivity contribution in [2.75, 3.05) is 17.1 Å². The molecule has 2 N–H and O–H groups in total. The lowest BCUT2D eigenvalue weighted by Crippen LogP contribution is -2.15. The molecular formula is C27H22F3N3O2S. The van der Waals surface area contributed by atoms with E-state index in [2.05, 4.69) is 15.0 Å². The van der Waals surface area contributed by atoms with Crippen molar-refractivity contribution in [3.63, 3.8) is 0 Å². The summed E-state index contributed by atoms with van der Waals surface area (Å²) in [6.07, 6.45) is 0. The Labute approximate surface area is 210 Å². The van der Waals surface area contributed by atoms with E-state index < -0.39 is 34.6 Å². The molecule has 9 heteroatoms. The van der Waals surface area contributed by atoms with Crippen molar-refractivity contribution in [3.05, 3.63) is 101 Å². The molecule has 0 aliphatic rings. The summed E-state index contributed by atoms with van der Waals surface area (Å²) in [5.74, 6) is -2.98. The molecule has 1 amide bonds. The number of para-hydroxylation sites is 1. The largest absolute Gasteiger partial charge is 0.496 e. The van der Waals surface area contributed by atoms with Gasteiger partial charge in [0.15, 0.2) is 0 Å². The third-order valence-electron chi connectivity index (χ3n) is 5.44. The monoisotopic (exact) mass is 509 g/mol. The highest BCUT2D eigenvalue weighted by atomic mass is 32.2. The number of benzene rings is 3. The number of ether oxygens (including phenoxy) is 1. The molecule has 0 radical (unpaired) electrons. The molecular weight excluding hydrogens is 487 g/mol. The predicted molar refractivity (Wildman–Crippen MR) is 136 cm³/mol. The van der Waals surface area contributed by atoms with Gasteiger partial charge in [-0.1, -0.05) is 24.3 Å². The SMILES string of the molecule is COc1ccc(NC(=O)c2ccc(F)c(-c3c(F)cccc3F)n2)cc1SNc1c(C)cccc1C. The Morgan fingerprint density at radius 1 is 0.889 bits per heavy atom. The molecule has 4 rings (SSSR count). The highest BCUT2D eigenvalue weighted by Crippen LogP contribution is 2.34. The van der Waals surface area contributed by atoms with Crippen molar-refractivity contribution >= 4 is 29.2 Å². The van der Waals surface area contributed by atoms with E-state index in [9.17, 15) is 18.0 Å². The smallest absolute Gasteiger partial charge is 0.274 e. The first-order chi connectivity index (χ1) is 17.3. The summed E-state index contributed by atoms with van der Waals surface area (Å²) in [6, 6.07) is 16.3. The summed E-state index contributed by atoms with van der Waals surface area (Å²) >= 11 is 1.32. The molecule has 0 bridgehead atoms. The van der Waals surface area contributed by atoms with E-state index in [1.54, 1.807) is 25.3 Å². The number of hydrogen-bond acceptors (Lipinski definition) is 5. The number of halogens is 3. The minimum absolute atomic E-state index is 0.201. The first-order valence-electron chi connectivity index (χ1n) is 10.9. The molecule has 0 aliphatic heterocycles. The van der Waals surface area contributed by atoms with Crippen LogP contribution in [0.5, 0.6) is 5.75 Å². The number of amides is 1. The fourth-order valence-corrected chi connectivity index (χ4v) is 4.55. The van der Waals surface area contributed by atoms with Crippen LogP contribution < -0.4 is 14.8 Å². The third kappa shape index (κ3) is 5.31. The van der Waals surface area contributed by atoms with Crippen LogP contribution in [0.2, 0.25) is 0 Å². The number of aryl methyl sites for hydroxylation is 2. The molecule has 0 aliphatic carbocycles. The zero-order valence-corrected chi connectivity index (χ0v) is 20.5. The Hall–Kier alpha value is -3.98. The van der Waals surface area contributed by atoms with E-state index in [0.717, 1.165) is 47.1 Å². The van der Waals surface area contributed by atoms with Gasteiger partial charge in [-0.3, -0.25) is 4.79 Å². The Balaban J connectivity index is 1.58. The fraction of sp³-hybridized carbons (Fsp3) is 0.111. The number of rotatable bonds is 7. The molecule has 184 valence electrons. The molecule has 1 aromatic heterocycles. The minimum Gasteiger partial charge on any atom is -0.496 e. The van der Waals surface area contributed by atoms with Gasteiger partial charge in [-0.25, -0.2) is 18.2 Å². The van der Waals surface area contributed by atoms with E-state index in [1.165, 1.54) is 11.9 Å². The van der Waals surface area contributed by atoms with Gasteiger partial charge < -0.3 is 14.8 Å². The Kier molecular flexibility index (Phi) is 7.49. The van der Waals surface area contributed by atoms with Crippen LogP contribution >= 0.6 is 11.9 Å². The number of nitrogens with zero attached hydrogens (tertiary/aromatic N) is 1. The minimum atomic E-state index is -0.979. The van der Waals surface area contributed by atoms with Crippen LogP contribution in [-0.2, 0) is 0 Å². The van der Waals surface area contributed by atoms with Crippen LogP contribution in [-0.4, -0.2) is 18.0 Å². The van der Waals surface area contributed by atoms with Gasteiger partial charge in [-0.2, -0.15) is 0 Å². The van der Waals surface area contributed by atoms with Gasteiger partial charge >= 0.3 is 0 Å². The lowest BCUT2D eigenvalue weighted by molar-refractivity contribution is 0.102. The maximum absolute atomic E-state index is 14.4. The maximum Gasteiger partial charge on any atom is 0.274 e. The van der Waals surface area contributed by atoms with Crippen molar-refractivity contribution < 1.29 is 22.7 Å². The molecule has 0 fully saturated rings. The number of carbonyl (C=O) groups is 1. The molecule has 0 saturated carbocycles. The number of methoxy groups -OCH3 is 1. The van der Waals surface area contributed by atoms with Crippen molar-refractivity contribution in [3.8, 4) is 17.0 Å². The van der Waals surface area contributed by atoms with Crippen LogP contribution in [0.25, 0.3) is 11.3 Å². The van der Waals surface area contributed by atoms with Gasteiger partial charge in [0.2, 0.25) is 0 Å². The fourth-order valence-electron chi connectivity index (χ4n) is 3.58. The number of anilines is 2. The van der Waals surface area contributed by atoms with Crippen LogP contribution in [0.4, 0.5) is 24.5 Å². The molecule has 0 atom stereocenters. The summed E-state index contributed by atoms with van der Waals surface area (Å²) in [6.45, 7) is 4.00. The molecule has 5 nitrogen and oxygen atoms in total. The summed E-state index contributed by atoms with van der Waals surface area (Å²) < 4.78 is 51.5. The molecule has 0 saturated heterocycles. The summed E-state index contributed by atoms with van der Waals surface area (Å²) in [4.78, 5) is 17.5. The number of pyridine rings is 1. The van der Waals surface area contributed by atoms with Crippen molar-refractivity contribution in [2.45, 2.75) is 18.7 Å². The van der Waals surface area contributed by atoms with Gasteiger partial charge in [-0.05, 0) is 79.4 Å². The quantitative estimate of drug-likeness (QED) is 0.259. The van der Waals surface area contributed by atoms with Crippen LogP contribution in [0, 0.1) is 31.3 Å². The van der Waals surface area contributed by atoms with E-state index in [-0.39, 0.29) is 5.69 Å². The number of aromatic nitrogens is 1. The zero-order chi connectivity index (χ0) is 25.8. The Bertz CT molecular complexity index is 1410. The molecule has 1 heterocycles. The predicted octanol–water partition coefficient (Wildman–Crippen LogP) is 7.16. The van der Waals surface area contributed by atoms with Gasteiger partial charge in [-0.15, -0.1) is 0 Å². The first-order valence-corrected chi connectivity index (χ1v) is 11.7. The second-order valence-corrected chi connectivity index (χ2v) is 8.76. The summed E-state index contributed by atoms with van der Waals surface area (Å²) in [7, 11) is 1.54. The average Bonchev–Trinajstić information content (AvgIpc) is 2.85. The number of carbonyl (C=O) groups excluding carboxylic acids is 1. The van der Waals surface area contributed by atoms with E-state index in [4.69, 9.17) is 4.74 Å². The Morgan fingerprint density at radius 2 is 1.56 bits per heavy atom. The highest BCUT2D eigenvalue weighted by molar-refractivity contribution is 8.00. The molecule has 0 unspecified atom stereocenters. The second-order valence-electron chi connectivity index (χ2n) is 7.91. The number of nitrogens with one attached hydrogen (secondary N) is 2. The average molecular weight is 510 g/mol. The zero-order valence-electron chi connectivity index (χ0n) is 19.7. The van der Waals surface area contributed by atoms with E-state index in [0.29, 0.717) is 16.3 Å². The van der Waals surface area contributed by atoms with Crippen molar-refractivity contribution in [1.82, 2.24) is 4.98 Å². The van der Waals surface area contributed by atoms with Crippen LogP contribution in [0.1, 0.15) is 21.6 Å². The molecule has 0 spiro atoms. The third-order valence-corrected chi connectivity index (χ3v) is 6.29. The van der Waals surface area contributed by atoms with E-state index in [1.807, 2.05) is 32.0 Å². The highest BCUT2D eigenvalue weighted by Gasteiger charge is 2.20. The lowest BCUT2D eigenvalue weighted by Gasteiger charge is -2.15. The Morgan fingerprint density at radius 3 is 2.22 bits per heavy atom. The summed E-state index contributed by atoms with van der Waals surface area (Å²) in [5.41, 5.74) is 2.14. The van der Waals surface area contributed by atoms with E-state index >= 15 is 0 Å². The lowest BCUT2D eigenvalue weighted by atomic mass is 10.1. The van der Waals surface area contributed by atoms with Gasteiger partial charge in [0, 0.05) is 5.69 Å².